The molecule has 0 radical (unpaired) electrons. The molecule has 2 aromatic carbocycles. The minimum atomic E-state index is 0.160. The van der Waals surface area contributed by atoms with Crippen molar-refractivity contribution in [2.75, 3.05) is 18.8 Å². The second kappa shape index (κ2) is 9.43. The Kier molecular flexibility index (Phi) is 6.47. The van der Waals surface area contributed by atoms with E-state index in [2.05, 4.69) is 71.8 Å². The standard InChI is InChI=1S/C23H27N5OS/c1-17-8-9-21(14-18(17)2)28-23(24-25-26-28)30-16-22(29)27-12-10-20(11-13-27)15-19-6-4-3-5-7-19/h3-9,14,20H,10-13,15-16H2,1-2H3. The fourth-order valence-corrected chi connectivity index (χ4v) is 4.63. The van der Waals surface area contributed by atoms with Crippen LogP contribution in [0.5, 0.6) is 0 Å². The van der Waals surface area contributed by atoms with E-state index < -0.39 is 0 Å². The van der Waals surface area contributed by atoms with Gasteiger partial charge < -0.3 is 4.90 Å². The van der Waals surface area contributed by atoms with Crippen LogP contribution in [-0.4, -0.2) is 49.9 Å². The van der Waals surface area contributed by atoms with Crippen LogP contribution in [0, 0.1) is 19.8 Å². The van der Waals surface area contributed by atoms with Crippen LogP contribution in [0.4, 0.5) is 0 Å². The molecule has 0 aliphatic carbocycles. The molecule has 3 aromatic rings. The lowest BCUT2D eigenvalue weighted by Gasteiger charge is -2.32. The molecule has 1 aromatic heterocycles. The first-order valence-corrected chi connectivity index (χ1v) is 11.4. The number of tetrazole rings is 1. The van der Waals surface area contributed by atoms with E-state index in [-0.39, 0.29) is 5.91 Å². The monoisotopic (exact) mass is 421 g/mol. The Morgan fingerprint density at radius 1 is 1.07 bits per heavy atom. The van der Waals surface area contributed by atoms with Gasteiger partial charge in [-0.25, -0.2) is 0 Å². The highest BCUT2D eigenvalue weighted by Gasteiger charge is 2.23. The van der Waals surface area contributed by atoms with Crippen LogP contribution in [0.15, 0.2) is 53.7 Å². The van der Waals surface area contributed by atoms with Crippen molar-refractivity contribution in [2.45, 2.75) is 38.3 Å². The van der Waals surface area contributed by atoms with E-state index in [0.29, 0.717) is 16.8 Å². The predicted octanol–water partition coefficient (Wildman–Crippen LogP) is 3.85. The molecule has 0 unspecified atom stereocenters. The molecule has 0 bridgehead atoms. The number of nitrogens with zero attached hydrogens (tertiary/aromatic N) is 5. The molecule has 0 atom stereocenters. The second-order valence-corrected chi connectivity index (χ2v) is 8.89. The molecule has 1 aliphatic rings. The lowest BCUT2D eigenvalue weighted by molar-refractivity contribution is -0.129. The first-order valence-electron chi connectivity index (χ1n) is 10.4. The molecular formula is C23H27N5OS. The van der Waals surface area contributed by atoms with Crippen molar-refractivity contribution < 1.29 is 4.79 Å². The maximum Gasteiger partial charge on any atom is 0.233 e. The summed E-state index contributed by atoms with van der Waals surface area (Å²) in [7, 11) is 0. The Morgan fingerprint density at radius 3 is 2.57 bits per heavy atom. The zero-order valence-electron chi connectivity index (χ0n) is 17.5. The molecule has 6 nitrogen and oxygen atoms in total. The van der Waals surface area contributed by atoms with Gasteiger partial charge in [-0.05, 0) is 78.3 Å². The highest BCUT2D eigenvalue weighted by Crippen LogP contribution is 2.24. The van der Waals surface area contributed by atoms with Crippen molar-refractivity contribution in [2.24, 2.45) is 5.92 Å². The third kappa shape index (κ3) is 4.90. The number of carbonyl (C=O) groups excluding carboxylic acids is 1. The van der Waals surface area contributed by atoms with Crippen molar-refractivity contribution in [3.8, 4) is 5.69 Å². The highest BCUT2D eigenvalue weighted by atomic mass is 32.2. The van der Waals surface area contributed by atoms with Gasteiger partial charge in [-0.15, -0.1) is 5.10 Å². The number of hydrogen-bond donors (Lipinski definition) is 0. The SMILES string of the molecule is Cc1ccc(-n2nnnc2SCC(=O)N2CCC(Cc3ccccc3)CC2)cc1C. The topological polar surface area (TPSA) is 63.9 Å². The third-order valence-corrected chi connectivity index (χ3v) is 6.74. The number of carbonyl (C=O) groups is 1. The first kappa shape index (κ1) is 20.6. The molecule has 2 heterocycles. The minimum Gasteiger partial charge on any atom is -0.342 e. The average molecular weight is 422 g/mol. The van der Waals surface area contributed by atoms with Gasteiger partial charge in [0.1, 0.15) is 0 Å². The van der Waals surface area contributed by atoms with Crippen LogP contribution in [0.3, 0.4) is 0 Å². The van der Waals surface area contributed by atoms with Crippen LogP contribution >= 0.6 is 11.8 Å². The summed E-state index contributed by atoms with van der Waals surface area (Å²) < 4.78 is 1.70. The number of benzene rings is 2. The van der Waals surface area contributed by atoms with E-state index >= 15 is 0 Å². The van der Waals surface area contributed by atoms with Crippen molar-refractivity contribution in [1.82, 2.24) is 25.1 Å². The van der Waals surface area contributed by atoms with Crippen LogP contribution in [0.1, 0.15) is 29.5 Å². The molecule has 0 spiro atoms. The van der Waals surface area contributed by atoms with Crippen LogP contribution in [0.25, 0.3) is 5.69 Å². The van der Waals surface area contributed by atoms with Crippen LogP contribution in [-0.2, 0) is 11.2 Å². The Hall–Kier alpha value is -2.67. The van der Waals surface area contributed by atoms with Gasteiger partial charge in [-0.3, -0.25) is 4.79 Å². The molecule has 1 saturated heterocycles. The van der Waals surface area contributed by atoms with Gasteiger partial charge in [-0.1, -0.05) is 48.2 Å². The summed E-state index contributed by atoms with van der Waals surface area (Å²) in [5.74, 6) is 1.17. The van der Waals surface area contributed by atoms with E-state index in [9.17, 15) is 4.79 Å². The number of hydrogen-bond acceptors (Lipinski definition) is 5. The zero-order chi connectivity index (χ0) is 20.9. The lowest BCUT2D eigenvalue weighted by atomic mass is 9.90. The number of piperidine rings is 1. The average Bonchev–Trinajstić information content (AvgIpc) is 3.24. The quantitative estimate of drug-likeness (QED) is 0.566. The molecule has 1 amide bonds. The number of aryl methyl sites for hydroxylation is 2. The van der Waals surface area contributed by atoms with Gasteiger partial charge in [0.2, 0.25) is 11.1 Å². The number of aromatic nitrogens is 4. The van der Waals surface area contributed by atoms with Crippen LogP contribution < -0.4 is 0 Å². The summed E-state index contributed by atoms with van der Waals surface area (Å²) in [5, 5.41) is 12.7. The van der Waals surface area contributed by atoms with Gasteiger partial charge in [0.15, 0.2) is 0 Å². The smallest absolute Gasteiger partial charge is 0.233 e. The summed E-state index contributed by atoms with van der Waals surface area (Å²) in [5.41, 5.74) is 4.72. The second-order valence-electron chi connectivity index (χ2n) is 7.94. The maximum atomic E-state index is 12.7. The number of rotatable bonds is 6. The molecule has 1 fully saturated rings. The van der Waals surface area contributed by atoms with Gasteiger partial charge >= 0.3 is 0 Å². The molecule has 156 valence electrons. The highest BCUT2D eigenvalue weighted by molar-refractivity contribution is 7.99. The minimum absolute atomic E-state index is 0.160. The van der Waals surface area contributed by atoms with Crippen molar-refractivity contribution >= 4 is 17.7 Å². The maximum absolute atomic E-state index is 12.7. The molecule has 1 aliphatic heterocycles. The van der Waals surface area contributed by atoms with E-state index in [1.165, 1.54) is 28.5 Å². The van der Waals surface area contributed by atoms with Gasteiger partial charge in [0.05, 0.1) is 11.4 Å². The van der Waals surface area contributed by atoms with Crippen molar-refractivity contribution in [1.29, 1.82) is 0 Å². The molecule has 4 rings (SSSR count). The largest absolute Gasteiger partial charge is 0.342 e. The van der Waals surface area contributed by atoms with E-state index in [1.807, 2.05) is 11.0 Å². The third-order valence-electron chi connectivity index (χ3n) is 5.84. The number of thioether (sulfide) groups is 1. The zero-order valence-corrected chi connectivity index (χ0v) is 18.3. The summed E-state index contributed by atoms with van der Waals surface area (Å²) in [6, 6.07) is 16.7. The lowest BCUT2D eigenvalue weighted by Crippen LogP contribution is -2.39. The normalized spacial score (nSPS) is 14.8. The summed E-state index contributed by atoms with van der Waals surface area (Å²) >= 11 is 1.40. The number of likely N-dealkylation sites (tertiary alicyclic amines) is 1. The molecule has 30 heavy (non-hydrogen) atoms. The van der Waals surface area contributed by atoms with Crippen molar-refractivity contribution in [3.63, 3.8) is 0 Å². The Morgan fingerprint density at radius 2 is 1.83 bits per heavy atom. The fourth-order valence-electron chi connectivity index (χ4n) is 3.84. The fraction of sp³-hybridized carbons (Fsp3) is 0.391. The van der Waals surface area contributed by atoms with Gasteiger partial charge in [0.25, 0.3) is 0 Å². The molecule has 0 saturated carbocycles. The molecule has 0 N–H and O–H groups in total. The van der Waals surface area contributed by atoms with Gasteiger partial charge in [0, 0.05) is 13.1 Å². The van der Waals surface area contributed by atoms with E-state index in [1.54, 1.807) is 4.68 Å². The summed E-state index contributed by atoms with van der Waals surface area (Å²) in [6.45, 7) is 5.81. The molecular weight excluding hydrogens is 394 g/mol. The van der Waals surface area contributed by atoms with E-state index in [0.717, 1.165) is 38.0 Å². The van der Waals surface area contributed by atoms with E-state index in [4.69, 9.17) is 0 Å². The summed E-state index contributed by atoms with van der Waals surface area (Å²) in [4.78, 5) is 14.7. The molecule has 7 heteroatoms. The number of amides is 1. The Bertz CT molecular complexity index is 996. The van der Waals surface area contributed by atoms with Crippen LogP contribution in [0.2, 0.25) is 0 Å². The predicted molar refractivity (Wildman–Crippen MR) is 119 cm³/mol. The van der Waals surface area contributed by atoms with Gasteiger partial charge in [-0.2, -0.15) is 4.68 Å². The van der Waals surface area contributed by atoms with Crippen molar-refractivity contribution in [3.05, 3.63) is 65.2 Å². The Balaban J connectivity index is 1.30. The first-order chi connectivity index (χ1) is 14.6. The Labute approximate surface area is 181 Å². The summed E-state index contributed by atoms with van der Waals surface area (Å²) in [6.07, 6.45) is 3.22.